The third-order valence-electron chi connectivity index (χ3n) is 2.33. The Bertz CT molecular complexity index is 298. The van der Waals surface area contributed by atoms with Crippen LogP contribution in [0.25, 0.3) is 0 Å². The molecule has 0 N–H and O–H groups in total. The maximum atomic E-state index is 13.2. The van der Waals surface area contributed by atoms with Crippen LogP contribution in [-0.4, -0.2) is 43.9 Å². The van der Waals surface area contributed by atoms with Crippen LogP contribution in [0.1, 0.15) is 19.8 Å². The van der Waals surface area contributed by atoms with E-state index in [0.717, 1.165) is 0 Å². The van der Waals surface area contributed by atoms with Gasteiger partial charge < -0.3 is 4.74 Å². The van der Waals surface area contributed by atoms with Crippen molar-refractivity contribution in [1.82, 2.24) is 0 Å². The number of esters is 1. The summed E-state index contributed by atoms with van der Waals surface area (Å²) in [5.41, 5.74) is -0.0225. The number of hydrogen-bond acceptors (Lipinski definition) is 2. The third-order valence-corrected chi connectivity index (χ3v) is 2.33. The molecule has 0 aliphatic carbocycles. The van der Waals surface area contributed by atoms with Crippen molar-refractivity contribution in [3.8, 4) is 0 Å². The van der Waals surface area contributed by atoms with Crippen molar-refractivity contribution in [3.63, 3.8) is 0 Å². The smallest absolute Gasteiger partial charge is 0.333 e. The molecule has 0 rings (SSSR count). The van der Waals surface area contributed by atoms with E-state index in [2.05, 4.69) is 11.3 Å². The Morgan fingerprint density at radius 3 is 2.16 bits per heavy atom. The van der Waals surface area contributed by atoms with Crippen LogP contribution in [0.2, 0.25) is 0 Å². The molecule has 19 heavy (non-hydrogen) atoms. The molecule has 7 heteroatoms. The molecule has 0 aromatic rings. The van der Waals surface area contributed by atoms with Gasteiger partial charge in [-0.15, -0.1) is 0 Å². The van der Waals surface area contributed by atoms with Crippen LogP contribution in [0.4, 0.5) is 22.0 Å². The Hall–Kier alpha value is -1.14. The number of hydrogen-bond donors (Lipinski definition) is 0. The largest absolute Gasteiger partial charge is 0.459 e. The van der Waals surface area contributed by atoms with Crippen molar-refractivity contribution in [2.75, 3.05) is 13.3 Å². The van der Waals surface area contributed by atoms with Gasteiger partial charge in [0, 0.05) is 5.57 Å². The number of halogens is 5. The SMILES string of the molecule is C=C(C)C(=O)OCC(F)C(F)C(F)C(F)CCCF. The highest BCUT2D eigenvalue weighted by atomic mass is 19.2. The molecule has 0 aromatic carbocycles. The minimum atomic E-state index is -2.77. The quantitative estimate of drug-likeness (QED) is 0.370. The summed E-state index contributed by atoms with van der Waals surface area (Å²) in [6, 6.07) is 0. The molecule has 112 valence electrons. The van der Waals surface area contributed by atoms with Gasteiger partial charge in [-0.2, -0.15) is 0 Å². The van der Waals surface area contributed by atoms with E-state index in [1.54, 1.807) is 0 Å². The topological polar surface area (TPSA) is 26.3 Å². The molecule has 4 unspecified atom stereocenters. The van der Waals surface area contributed by atoms with Gasteiger partial charge in [-0.1, -0.05) is 6.58 Å². The van der Waals surface area contributed by atoms with Gasteiger partial charge in [-0.05, 0) is 19.8 Å². The zero-order valence-electron chi connectivity index (χ0n) is 10.6. The molecule has 0 bridgehead atoms. The van der Waals surface area contributed by atoms with E-state index >= 15 is 0 Å². The summed E-state index contributed by atoms with van der Waals surface area (Å²) >= 11 is 0. The summed E-state index contributed by atoms with van der Waals surface area (Å²) in [6.07, 6.45) is -11.1. The highest BCUT2D eigenvalue weighted by Gasteiger charge is 2.36. The van der Waals surface area contributed by atoms with Gasteiger partial charge in [0.2, 0.25) is 0 Å². The summed E-state index contributed by atoms with van der Waals surface area (Å²) in [6.45, 7) is 2.63. The predicted octanol–water partition coefficient (Wildman–Crippen LogP) is 3.21. The first-order valence-electron chi connectivity index (χ1n) is 5.76. The summed E-state index contributed by atoms with van der Waals surface area (Å²) in [5.74, 6) is -0.945. The fourth-order valence-electron chi connectivity index (χ4n) is 1.20. The molecule has 0 saturated heterocycles. The van der Waals surface area contributed by atoms with Gasteiger partial charge in [0.15, 0.2) is 18.5 Å². The lowest BCUT2D eigenvalue weighted by atomic mass is 10.0. The Balaban J connectivity index is 4.19. The molecule has 0 radical (unpaired) electrons. The number of ether oxygens (including phenoxy) is 1. The van der Waals surface area contributed by atoms with Gasteiger partial charge >= 0.3 is 5.97 Å². The third kappa shape index (κ3) is 6.54. The first-order chi connectivity index (χ1) is 8.81. The van der Waals surface area contributed by atoms with Crippen molar-refractivity contribution in [2.45, 2.75) is 44.5 Å². The van der Waals surface area contributed by atoms with Crippen molar-refractivity contribution in [3.05, 3.63) is 12.2 Å². The second-order valence-electron chi connectivity index (χ2n) is 4.13. The van der Waals surface area contributed by atoms with E-state index in [9.17, 15) is 26.7 Å². The van der Waals surface area contributed by atoms with E-state index in [1.165, 1.54) is 6.92 Å². The lowest BCUT2D eigenvalue weighted by Crippen LogP contribution is -2.37. The second kappa shape index (κ2) is 8.87. The number of alkyl halides is 5. The summed E-state index contributed by atoms with van der Waals surface area (Å²) in [7, 11) is 0. The fourth-order valence-corrected chi connectivity index (χ4v) is 1.20. The molecule has 0 heterocycles. The van der Waals surface area contributed by atoms with Crippen LogP contribution in [0.5, 0.6) is 0 Å². The maximum Gasteiger partial charge on any atom is 0.333 e. The Morgan fingerprint density at radius 1 is 1.16 bits per heavy atom. The van der Waals surface area contributed by atoms with Crippen molar-refractivity contribution >= 4 is 5.97 Å². The molecule has 2 nitrogen and oxygen atoms in total. The summed E-state index contributed by atoms with van der Waals surface area (Å²) in [4.78, 5) is 10.9. The minimum absolute atomic E-state index is 0.0225. The second-order valence-corrected chi connectivity index (χ2v) is 4.13. The fraction of sp³-hybridized carbons (Fsp3) is 0.750. The summed E-state index contributed by atoms with van der Waals surface area (Å²) < 4.78 is 68.7. The molecule has 0 aliphatic rings. The van der Waals surface area contributed by atoms with Crippen LogP contribution < -0.4 is 0 Å². The first-order valence-corrected chi connectivity index (χ1v) is 5.76. The van der Waals surface area contributed by atoms with Crippen molar-refractivity contribution in [2.24, 2.45) is 0 Å². The van der Waals surface area contributed by atoms with E-state index in [-0.39, 0.29) is 12.0 Å². The highest BCUT2D eigenvalue weighted by Crippen LogP contribution is 2.21. The Labute approximate surface area is 108 Å². The van der Waals surface area contributed by atoms with Gasteiger partial charge in [-0.3, -0.25) is 4.39 Å². The van der Waals surface area contributed by atoms with Crippen LogP contribution in [-0.2, 0) is 9.53 Å². The lowest BCUT2D eigenvalue weighted by molar-refractivity contribution is -0.142. The van der Waals surface area contributed by atoms with Crippen LogP contribution in [0.3, 0.4) is 0 Å². The zero-order valence-corrected chi connectivity index (χ0v) is 10.6. The van der Waals surface area contributed by atoms with Crippen LogP contribution in [0.15, 0.2) is 12.2 Å². The van der Waals surface area contributed by atoms with Gasteiger partial charge in [0.1, 0.15) is 12.8 Å². The first kappa shape index (κ1) is 17.9. The highest BCUT2D eigenvalue weighted by molar-refractivity contribution is 5.86. The maximum absolute atomic E-state index is 13.2. The van der Waals surface area contributed by atoms with Crippen molar-refractivity contribution < 1.29 is 31.5 Å². The molecule has 0 fully saturated rings. The van der Waals surface area contributed by atoms with E-state index in [0.29, 0.717) is 0 Å². The van der Waals surface area contributed by atoms with Gasteiger partial charge in [-0.25, -0.2) is 22.4 Å². The van der Waals surface area contributed by atoms with Crippen LogP contribution in [0, 0.1) is 0 Å². The number of rotatable bonds is 9. The van der Waals surface area contributed by atoms with E-state index < -0.39 is 50.4 Å². The molecule has 4 atom stereocenters. The Kier molecular flexibility index (Phi) is 8.34. The molecular weight excluding hydrogens is 271 g/mol. The van der Waals surface area contributed by atoms with Gasteiger partial charge in [0.25, 0.3) is 0 Å². The monoisotopic (exact) mass is 288 g/mol. The molecule has 0 aliphatic heterocycles. The molecular formula is C12H17F5O2. The van der Waals surface area contributed by atoms with Gasteiger partial charge in [0.05, 0.1) is 6.67 Å². The van der Waals surface area contributed by atoms with Crippen molar-refractivity contribution in [1.29, 1.82) is 0 Å². The number of carbonyl (C=O) groups excluding carboxylic acids is 1. The van der Waals surface area contributed by atoms with E-state index in [4.69, 9.17) is 0 Å². The lowest BCUT2D eigenvalue weighted by Gasteiger charge is -2.20. The molecule has 0 amide bonds. The standard InChI is InChI=1S/C12H17F5O2/c1-7(2)12(18)19-6-9(15)11(17)10(16)8(14)4-3-5-13/h8-11H,1,3-6H2,2H3. The Morgan fingerprint density at radius 2 is 1.68 bits per heavy atom. The van der Waals surface area contributed by atoms with Crippen LogP contribution >= 0.6 is 0 Å². The normalized spacial score (nSPS) is 17.4. The average molecular weight is 288 g/mol. The predicted molar refractivity (Wildman–Crippen MR) is 60.6 cm³/mol. The molecule has 0 aromatic heterocycles. The summed E-state index contributed by atoms with van der Waals surface area (Å²) in [5, 5.41) is 0. The molecule has 0 spiro atoms. The molecule has 0 saturated carbocycles. The minimum Gasteiger partial charge on any atom is -0.459 e. The zero-order chi connectivity index (χ0) is 15.0. The average Bonchev–Trinajstić information content (AvgIpc) is 2.39. The van der Waals surface area contributed by atoms with E-state index in [1.807, 2.05) is 0 Å². The number of carbonyl (C=O) groups is 1.